The Balaban J connectivity index is 1.83. The summed E-state index contributed by atoms with van der Waals surface area (Å²) in [6.45, 7) is 2.44. The van der Waals surface area contributed by atoms with Crippen LogP contribution in [0, 0.1) is 13.8 Å². The molecule has 2 aromatic heterocycles. The summed E-state index contributed by atoms with van der Waals surface area (Å²) in [4.78, 5) is 25.4. The zero-order valence-electron chi connectivity index (χ0n) is 14.5. The van der Waals surface area contributed by atoms with Crippen LogP contribution < -0.4 is 5.32 Å². The lowest BCUT2D eigenvalue weighted by molar-refractivity contribution is 0.0117. The molecule has 0 aromatic carbocycles. The molecule has 0 aliphatic carbocycles. The van der Waals surface area contributed by atoms with E-state index in [2.05, 4.69) is 20.8 Å². The van der Waals surface area contributed by atoms with E-state index in [0.29, 0.717) is 5.69 Å². The minimum absolute atomic E-state index is 0.00526. The second kappa shape index (κ2) is 6.46. The average Bonchev–Trinajstić information content (AvgIpc) is 3.25. The molecule has 2 amide bonds. The third-order valence-corrected chi connectivity index (χ3v) is 4.28. The van der Waals surface area contributed by atoms with E-state index in [4.69, 9.17) is 4.52 Å². The van der Waals surface area contributed by atoms with E-state index < -0.39 is 36.7 Å². The van der Waals surface area contributed by atoms with Crippen molar-refractivity contribution < 1.29 is 22.9 Å². The van der Waals surface area contributed by atoms with Gasteiger partial charge in [-0.05, 0) is 13.8 Å². The highest BCUT2D eigenvalue weighted by Crippen LogP contribution is 2.34. The number of alkyl halides is 2. The van der Waals surface area contributed by atoms with E-state index in [1.165, 1.54) is 17.9 Å². The molecule has 0 saturated carbocycles. The van der Waals surface area contributed by atoms with Crippen molar-refractivity contribution in [2.75, 3.05) is 13.6 Å². The summed E-state index contributed by atoms with van der Waals surface area (Å²) in [7, 11) is 1.45. The number of halogens is 2. The Kier molecular flexibility index (Phi) is 4.46. The Bertz CT molecular complexity index is 827. The Hall–Kier alpha value is -2.85. The highest BCUT2D eigenvalue weighted by atomic mass is 19.3. The molecule has 0 spiro atoms. The first-order valence-corrected chi connectivity index (χ1v) is 7.95. The van der Waals surface area contributed by atoms with E-state index in [1.54, 1.807) is 13.8 Å². The fourth-order valence-corrected chi connectivity index (χ4v) is 3.07. The Morgan fingerprint density at radius 2 is 2.15 bits per heavy atom. The van der Waals surface area contributed by atoms with Crippen LogP contribution in [-0.2, 0) is 6.54 Å². The number of amides is 2. The van der Waals surface area contributed by atoms with Gasteiger partial charge in [-0.25, -0.2) is 13.5 Å². The van der Waals surface area contributed by atoms with Gasteiger partial charge in [-0.3, -0.25) is 9.59 Å². The molecule has 1 N–H and O–H groups in total. The molecule has 2 aromatic rings. The predicted molar refractivity (Wildman–Crippen MR) is 83.8 cm³/mol. The zero-order chi connectivity index (χ0) is 19.1. The number of aromatic nitrogens is 4. The van der Waals surface area contributed by atoms with Crippen LogP contribution in [0.3, 0.4) is 0 Å². The van der Waals surface area contributed by atoms with Crippen molar-refractivity contribution in [2.24, 2.45) is 0 Å². The molecule has 3 rings (SSSR count). The highest BCUT2D eigenvalue weighted by molar-refractivity contribution is 5.96. The SMILES string of the molecule is CNC(=O)c1cn(C[C@@H]2CC(F)(F)CN2C(=O)c2c(C)noc2C)nn1. The smallest absolute Gasteiger partial charge is 0.273 e. The van der Waals surface area contributed by atoms with Crippen LogP contribution >= 0.6 is 0 Å². The topological polar surface area (TPSA) is 106 Å². The number of carbonyl (C=O) groups is 2. The molecule has 0 bridgehead atoms. The number of hydrogen-bond donors (Lipinski definition) is 1. The molecule has 1 atom stereocenters. The molecular formula is C15H18F2N6O3. The van der Waals surface area contributed by atoms with Crippen molar-refractivity contribution >= 4 is 11.8 Å². The molecule has 26 heavy (non-hydrogen) atoms. The number of carbonyl (C=O) groups excluding carboxylic acids is 2. The molecule has 140 valence electrons. The largest absolute Gasteiger partial charge is 0.361 e. The first-order chi connectivity index (χ1) is 12.2. The number of aryl methyl sites for hydroxylation is 2. The van der Waals surface area contributed by atoms with Crippen molar-refractivity contribution in [3.63, 3.8) is 0 Å². The van der Waals surface area contributed by atoms with Crippen molar-refractivity contribution in [3.8, 4) is 0 Å². The van der Waals surface area contributed by atoms with E-state index in [1.807, 2.05) is 0 Å². The van der Waals surface area contributed by atoms with Gasteiger partial charge in [-0.1, -0.05) is 10.4 Å². The maximum atomic E-state index is 14.0. The van der Waals surface area contributed by atoms with Gasteiger partial charge in [0.05, 0.1) is 31.0 Å². The maximum absolute atomic E-state index is 14.0. The van der Waals surface area contributed by atoms with Gasteiger partial charge in [-0.2, -0.15) is 0 Å². The van der Waals surface area contributed by atoms with Crippen molar-refractivity contribution in [1.82, 2.24) is 30.4 Å². The number of likely N-dealkylation sites (tertiary alicyclic amines) is 1. The molecular weight excluding hydrogens is 350 g/mol. The molecule has 3 heterocycles. The lowest BCUT2D eigenvalue weighted by Crippen LogP contribution is -2.39. The van der Waals surface area contributed by atoms with Gasteiger partial charge < -0.3 is 14.7 Å². The summed E-state index contributed by atoms with van der Waals surface area (Å²) in [6, 6.07) is -0.801. The first kappa shape index (κ1) is 18.0. The van der Waals surface area contributed by atoms with Crippen LogP contribution in [0.5, 0.6) is 0 Å². The summed E-state index contributed by atoms with van der Waals surface area (Å²) in [6.07, 6.45) is 0.852. The lowest BCUT2D eigenvalue weighted by atomic mass is 10.1. The predicted octanol–water partition coefficient (Wildman–Crippen LogP) is 0.793. The first-order valence-electron chi connectivity index (χ1n) is 7.95. The zero-order valence-corrected chi connectivity index (χ0v) is 14.5. The normalized spacial score (nSPS) is 19.0. The fraction of sp³-hybridized carbons (Fsp3) is 0.533. The quantitative estimate of drug-likeness (QED) is 0.855. The van der Waals surface area contributed by atoms with Gasteiger partial charge in [0.15, 0.2) is 5.69 Å². The third-order valence-electron chi connectivity index (χ3n) is 4.28. The van der Waals surface area contributed by atoms with Gasteiger partial charge in [0.1, 0.15) is 11.3 Å². The number of nitrogens with one attached hydrogen (secondary N) is 1. The van der Waals surface area contributed by atoms with Gasteiger partial charge in [0.2, 0.25) is 0 Å². The fourth-order valence-electron chi connectivity index (χ4n) is 3.07. The maximum Gasteiger partial charge on any atom is 0.273 e. The second-order valence-corrected chi connectivity index (χ2v) is 6.25. The van der Waals surface area contributed by atoms with Gasteiger partial charge in [0.25, 0.3) is 17.7 Å². The molecule has 0 unspecified atom stereocenters. The number of rotatable bonds is 4. The molecule has 9 nitrogen and oxygen atoms in total. The Morgan fingerprint density at radius 3 is 2.77 bits per heavy atom. The van der Waals surface area contributed by atoms with E-state index >= 15 is 0 Å². The minimum Gasteiger partial charge on any atom is -0.361 e. The van der Waals surface area contributed by atoms with Gasteiger partial charge in [0, 0.05) is 13.5 Å². The van der Waals surface area contributed by atoms with Crippen molar-refractivity contribution in [2.45, 2.75) is 38.8 Å². The Morgan fingerprint density at radius 1 is 1.42 bits per heavy atom. The summed E-state index contributed by atoms with van der Waals surface area (Å²) in [5.41, 5.74) is 0.613. The van der Waals surface area contributed by atoms with Crippen LogP contribution in [-0.4, -0.2) is 62.4 Å². The standard InChI is InChI=1S/C15H18F2N6O3/c1-8-12(9(2)26-20-8)14(25)23-7-15(16,17)4-10(23)5-22-6-11(19-21-22)13(24)18-3/h6,10H,4-5,7H2,1-3H3,(H,18,24)/t10-/m0/s1. The molecule has 0 radical (unpaired) electrons. The van der Waals surface area contributed by atoms with Crippen LogP contribution in [0.25, 0.3) is 0 Å². The summed E-state index contributed by atoms with van der Waals surface area (Å²) < 4.78 is 34.2. The second-order valence-electron chi connectivity index (χ2n) is 6.25. The van der Waals surface area contributed by atoms with Crippen LogP contribution in [0.15, 0.2) is 10.7 Å². The van der Waals surface area contributed by atoms with E-state index in [0.717, 1.165) is 4.90 Å². The molecule has 1 aliphatic heterocycles. The van der Waals surface area contributed by atoms with Crippen molar-refractivity contribution in [1.29, 1.82) is 0 Å². The number of hydrogen-bond acceptors (Lipinski definition) is 6. The van der Waals surface area contributed by atoms with Crippen molar-refractivity contribution in [3.05, 3.63) is 28.9 Å². The van der Waals surface area contributed by atoms with Gasteiger partial charge >= 0.3 is 0 Å². The molecule has 1 aliphatic rings. The summed E-state index contributed by atoms with van der Waals surface area (Å²) in [5, 5.41) is 13.6. The van der Waals surface area contributed by atoms with Gasteiger partial charge in [-0.15, -0.1) is 5.10 Å². The molecule has 1 fully saturated rings. The Labute approximate surface area is 147 Å². The number of nitrogens with zero attached hydrogens (tertiary/aromatic N) is 5. The van der Waals surface area contributed by atoms with E-state index in [9.17, 15) is 18.4 Å². The van der Waals surface area contributed by atoms with E-state index in [-0.39, 0.29) is 23.6 Å². The minimum atomic E-state index is -3.01. The summed E-state index contributed by atoms with van der Waals surface area (Å²) in [5.74, 6) is -3.72. The summed E-state index contributed by atoms with van der Waals surface area (Å²) >= 11 is 0. The molecule has 1 saturated heterocycles. The van der Waals surface area contributed by atoms with Crippen LogP contribution in [0.1, 0.15) is 38.7 Å². The average molecular weight is 368 g/mol. The van der Waals surface area contributed by atoms with Crippen LogP contribution in [0.4, 0.5) is 8.78 Å². The highest BCUT2D eigenvalue weighted by Gasteiger charge is 2.48. The lowest BCUT2D eigenvalue weighted by Gasteiger charge is -2.23. The monoisotopic (exact) mass is 368 g/mol. The van der Waals surface area contributed by atoms with Crippen LogP contribution in [0.2, 0.25) is 0 Å². The third kappa shape index (κ3) is 3.28. The molecule has 11 heteroatoms.